The quantitative estimate of drug-likeness (QED) is 0.0596. The minimum absolute atomic E-state index is 0.177. The molecule has 2 saturated heterocycles. The third-order valence-electron chi connectivity index (χ3n) is 13.2. The van der Waals surface area contributed by atoms with Crippen molar-refractivity contribution in [2.24, 2.45) is 0 Å². The average molecular weight is 971 g/mol. The van der Waals surface area contributed by atoms with Gasteiger partial charge in [-0.25, -0.2) is 0 Å². The zero-order valence-corrected chi connectivity index (χ0v) is 40.7. The molecule has 10 atom stereocenters. The lowest BCUT2D eigenvalue weighted by Crippen LogP contribution is -2.64. The lowest BCUT2D eigenvalue weighted by atomic mass is 9.87. The maximum atomic E-state index is 12.8. The Morgan fingerprint density at radius 3 is 0.861 bits per heavy atom. The zero-order chi connectivity index (χ0) is 49.0. The number of aliphatic hydroxyl groups is 1. The van der Waals surface area contributed by atoms with Gasteiger partial charge in [-0.05, 0) is 38.9 Å². The Labute approximate surface area is 424 Å². The van der Waals surface area contributed by atoms with Crippen molar-refractivity contribution in [1.29, 1.82) is 0 Å². The highest BCUT2D eigenvalue weighted by Crippen LogP contribution is 2.37. The second kappa shape index (κ2) is 27.3. The van der Waals surface area contributed by atoms with Crippen molar-refractivity contribution in [1.82, 2.24) is 0 Å². The Balaban J connectivity index is 1.06. The van der Waals surface area contributed by atoms with E-state index in [1.54, 1.807) is 0 Å². The fourth-order valence-electron chi connectivity index (χ4n) is 9.43. The van der Waals surface area contributed by atoms with Crippen LogP contribution >= 0.6 is 0 Å². The molecule has 2 fully saturated rings. The molecule has 2 aliphatic rings. The van der Waals surface area contributed by atoms with Gasteiger partial charge in [0.15, 0.2) is 0 Å². The van der Waals surface area contributed by atoms with Crippen molar-refractivity contribution in [2.45, 2.75) is 114 Å². The first-order valence-corrected chi connectivity index (χ1v) is 25.1. The van der Waals surface area contributed by atoms with Gasteiger partial charge in [-0.15, -0.1) is 0 Å². The molecule has 0 aromatic heterocycles. The number of ether oxygens (including phenoxy) is 9. The molecule has 2 heterocycles. The number of hydrogen-bond acceptors (Lipinski definition) is 10. The van der Waals surface area contributed by atoms with Gasteiger partial charge in [0.25, 0.3) is 0 Å². The van der Waals surface area contributed by atoms with Crippen LogP contribution in [0.25, 0.3) is 0 Å². The maximum absolute atomic E-state index is 12.8. The van der Waals surface area contributed by atoms with Gasteiger partial charge in [0.05, 0.1) is 71.7 Å². The Kier molecular flexibility index (Phi) is 19.3. The van der Waals surface area contributed by atoms with Crippen LogP contribution in [0.15, 0.2) is 212 Å². The molecule has 0 radical (unpaired) electrons. The van der Waals surface area contributed by atoms with Gasteiger partial charge in [0, 0.05) is 6.42 Å². The van der Waals surface area contributed by atoms with Gasteiger partial charge in [0.2, 0.25) is 0 Å². The predicted octanol–water partition coefficient (Wildman–Crippen LogP) is 10.6. The second-order valence-corrected chi connectivity index (χ2v) is 18.5. The van der Waals surface area contributed by atoms with E-state index < -0.39 is 61.0 Å². The fraction of sp³-hybridized carbons (Fsp3) is 0.323. The Morgan fingerprint density at radius 2 is 0.528 bits per heavy atom. The topological polar surface area (TPSA) is 103 Å². The van der Waals surface area contributed by atoms with E-state index >= 15 is 0 Å². The van der Waals surface area contributed by atoms with Crippen molar-refractivity contribution < 1.29 is 47.7 Å². The molecule has 2 aliphatic heterocycles. The minimum atomic E-state index is -1.15. The van der Waals surface area contributed by atoms with Crippen molar-refractivity contribution in [3.63, 3.8) is 0 Å². The van der Waals surface area contributed by atoms with E-state index in [1.807, 2.05) is 200 Å². The summed E-state index contributed by atoms with van der Waals surface area (Å²) in [5.41, 5.74) is 7.03. The van der Waals surface area contributed by atoms with Crippen molar-refractivity contribution in [2.75, 3.05) is 13.2 Å². The van der Waals surface area contributed by atoms with E-state index in [-0.39, 0.29) is 39.5 Å². The molecule has 374 valence electrons. The predicted molar refractivity (Wildman–Crippen MR) is 275 cm³/mol. The third-order valence-corrected chi connectivity index (χ3v) is 13.2. The fourth-order valence-corrected chi connectivity index (χ4v) is 9.43. The van der Waals surface area contributed by atoms with Gasteiger partial charge in [-0.2, -0.15) is 0 Å². The smallest absolute Gasteiger partial charge is 0.115 e. The van der Waals surface area contributed by atoms with Crippen LogP contribution in [0, 0.1) is 0 Å². The van der Waals surface area contributed by atoms with E-state index in [0.29, 0.717) is 26.4 Å². The second-order valence-electron chi connectivity index (χ2n) is 18.5. The van der Waals surface area contributed by atoms with Crippen LogP contribution in [-0.2, 0) is 88.9 Å². The molecule has 7 aromatic rings. The maximum Gasteiger partial charge on any atom is 0.115 e. The van der Waals surface area contributed by atoms with Crippen LogP contribution in [0.1, 0.15) is 45.4 Å². The molecule has 0 spiro atoms. The summed E-state index contributed by atoms with van der Waals surface area (Å²) in [6, 6.07) is 70.4. The highest BCUT2D eigenvalue weighted by Gasteiger charge is 2.53. The summed E-state index contributed by atoms with van der Waals surface area (Å²) in [6.07, 6.45) is -7.20. The van der Waals surface area contributed by atoms with E-state index in [2.05, 4.69) is 12.1 Å². The summed E-state index contributed by atoms with van der Waals surface area (Å²) in [5, 5.41) is 12.8. The monoisotopic (exact) mass is 970 g/mol. The number of rotatable bonds is 25. The molecule has 10 heteroatoms. The first-order chi connectivity index (χ1) is 35.6. The summed E-state index contributed by atoms with van der Waals surface area (Å²) in [7, 11) is 0. The first kappa shape index (κ1) is 51.1. The van der Waals surface area contributed by atoms with E-state index in [1.165, 1.54) is 0 Å². The standard InChI is InChI=1S/C62H66O10/c63-57-53(71-55(44-64-37-46-22-8-1-9-23-46)59(67-40-49-28-14-4-15-29-49)61(57)69-42-51-32-18-6-19-33-51)36-54-58(66-39-48-26-12-3-13-27-48)62(70-43-52-34-20-7-21-35-52)60(68-41-50-30-16-5-17-31-50)56(72-54)45-65-38-47-24-10-2-11-25-47/h1-35,53-63H,36-45H2/t53-,54-,55+,56-,57-,58-,59+,60-,61+,62-/m0/s1. The molecule has 0 bridgehead atoms. The summed E-state index contributed by atoms with van der Waals surface area (Å²) in [6.45, 7) is 2.53. The molecule has 10 nitrogen and oxygen atoms in total. The highest BCUT2D eigenvalue weighted by molar-refractivity contribution is 5.19. The molecule has 1 N–H and O–H groups in total. The van der Waals surface area contributed by atoms with Crippen LogP contribution in [0.4, 0.5) is 0 Å². The number of aliphatic hydroxyl groups excluding tert-OH is 1. The molecule has 0 amide bonds. The largest absolute Gasteiger partial charge is 0.388 e. The van der Waals surface area contributed by atoms with Crippen molar-refractivity contribution >= 4 is 0 Å². The van der Waals surface area contributed by atoms with Crippen LogP contribution in [0.2, 0.25) is 0 Å². The molecule has 72 heavy (non-hydrogen) atoms. The summed E-state index contributed by atoms with van der Waals surface area (Å²) < 4.78 is 62.0. The van der Waals surface area contributed by atoms with E-state index in [0.717, 1.165) is 38.9 Å². The molecule has 0 unspecified atom stereocenters. The van der Waals surface area contributed by atoms with Crippen LogP contribution in [-0.4, -0.2) is 79.4 Å². The summed E-state index contributed by atoms with van der Waals surface area (Å²) in [5.74, 6) is 0. The lowest BCUT2D eigenvalue weighted by molar-refractivity contribution is -0.294. The number of hydrogen-bond donors (Lipinski definition) is 1. The molecule has 0 saturated carbocycles. The van der Waals surface area contributed by atoms with Gasteiger partial charge in [-0.3, -0.25) is 0 Å². The number of benzene rings is 7. The van der Waals surface area contributed by atoms with Gasteiger partial charge in [0.1, 0.15) is 48.8 Å². The van der Waals surface area contributed by atoms with Crippen molar-refractivity contribution in [3.05, 3.63) is 251 Å². The van der Waals surface area contributed by atoms with Gasteiger partial charge in [-0.1, -0.05) is 212 Å². The van der Waals surface area contributed by atoms with Crippen LogP contribution < -0.4 is 0 Å². The Morgan fingerprint density at radius 1 is 0.278 bits per heavy atom. The molecule has 7 aromatic carbocycles. The lowest BCUT2D eigenvalue weighted by Gasteiger charge is -2.49. The van der Waals surface area contributed by atoms with Crippen molar-refractivity contribution in [3.8, 4) is 0 Å². The van der Waals surface area contributed by atoms with Gasteiger partial charge < -0.3 is 47.7 Å². The minimum Gasteiger partial charge on any atom is -0.388 e. The molecular weight excluding hydrogens is 905 g/mol. The van der Waals surface area contributed by atoms with Crippen LogP contribution in [0.5, 0.6) is 0 Å². The molecule has 0 aliphatic carbocycles. The summed E-state index contributed by atoms with van der Waals surface area (Å²) in [4.78, 5) is 0. The first-order valence-electron chi connectivity index (χ1n) is 25.1. The Bertz CT molecular complexity index is 2540. The van der Waals surface area contributed by atoms with Crippen LogP contribution in [0.3, 0.4) is 0 Å². The van der Waals surface area contributed by atoms with Gasteiger partial charge >= 0.3 is 0 Å². The van der Waals surface area contributed by atoms with E-state index in [4.69, 9.17) is 42.6 Å². The average Bonchev–Trinajstić information content (AvgIpc) is 3.44. The molecule has 9 rings (SSSR count). The Hall–Kier alpha value is -5.86. The zero-order valence-electron chi connectivity index (χ0n) is 40.7. The highest BCUT2D eigenvalue weighted by atomic mass is 16.6. The molecular formula is C62H66O10. The van der Waals surface area contributed by atoms with E-state index in [9.17, 15) is 5.11 Å². The SMILES string of the molecule is O[C@@H]1[C@@H](OCc2ccccc2)[C@H](OCc2ccccc2)[C@@H](COCc2ccccc2)O[C@H]1C[C@@H]1O[C@@H](COCc2ccccc2)[C@H](OCc2ccccc2)[C@@H](OCc2ccccc2)[C@H]1OCc1ccccc1. The third kappa shape index (κ3) is 14.9. The summed E-state index contributed by atoms with van der Waals surface area (Å²) >= 11 is 0. The normalized spacial score (nSPS) is 24.2.